The van der Waals surface area contributed by atoms with Crippen LogP contribution in [0.25, 0.3) is 0 Å². The van der Waals surface area contributed by atoms with Crippen molar-refractivity contribution in [1.29, 1.82) is 0 Å². The fourth-order valence-electron chi connectivity index (χ4n) is 2.73. The molecule has 3 nitrogen and oxygen atoms in total. The van der Waals surface area contributed by atoms with Gasteiger partial charge in [-0.3, -0.25) is 0 Å². The number of unbranched alkanes of at least 4 members (excludes halogenated alkanes) is 2. The van der Waals surface area contributed by atoms with Crippen LogP contribution >= 0.6 is 0 Å². The van der Waals surface area contributed by atoms with Crippen molar-refractivity contribution in [2.75, 3.05) is 26.8 Å². The number of rotatable bonds is 7. The van der Waals surface area contributed by atoms with Gasteiger partial charge in [-0.2, -0.15) is 0 Å². The SMILES string of the molecule is CCCCCOc1cc(OC)cc(C2CCNCC2)c1. The first-order valence-electron chi connectivity index (χ1n) is 7.86. The molecule has 0 unspecified atom stereocenters. The standard InChI is InChI=1S/C17H27NO2/c1-3-4-5-10-20-17-12-15(11-16(13-17)19-2)14-6-8-18-9-7-14/h11-14,18H,3-10H2,1-2H3. The second-order valence-corrected chi connectivity index (χ2v) is 5.52. The predicted octanol–water partition coefficient (Wildman–Crippen LogP) is 3.73. The van der Waals surface area contributed by atoms with Gasteiger partial charge in [-0.1, -0.05) is 19.8 Å². The fraction of sp³-hybridized carbons (Fsp3) is 0.647. The zero-order valence-corrected chi connectivity index (χ0v) is 12.8. The summed E-state index contributed by atoms with van der Waals surface area (Å²) < 4.78 is 11.3. The van der Waals surface area contributed by atoms with Gasteiger partial charge >= 0.3 is 0 Å². The monoisotopic (exact) mass is 277 g/mol. The van der Waals surface area contributed by atoms with E-state index >= 15 is 0 Å². The number of ether oxygens (including phenoxy) is 2. The Morgan fingerprint density at radius 1 is 1.10 bits per heavy atom. The average molecular weight is 277 g/mol. The molecule has 0 radical (unpaired) electrons. The van der Waals surface area contributed by atoms with Crippen LogP contribution in [0.1, 0.15) is 50.5 Å². The fourth-order valence-corrected chi connectivity index (χ4v) is 2.73. The van der Waals surface area contributed by atoms with Crippen molar-refractivity contribution in [3.63, 3.8) is 0 Å². The minimum absolute atomic E-state index is 0.629. The second kappa shape index (κ2) is 8.15. The summed E-state index contributed by atoms with van der Waals surface area (Å²) in [5.74, 6) is 2.49. The Kier molecular flexibility index (Phi) is 6.19. The largest absolute Gasteiger partial charge is 0.497 e. The third-order valence-electron chi connectivity index (χ3n) is 3.97. The highest BCUT2D eigenvalue weighted by Gasteiger charge is 2.16. The van der Waals surface area contributed by atoms with Crippen LogP contribution in [0.15, 0.2) is 18.2 Å². The molecule has 1 fully saturated rings. The van der Waals surface area contributed by atoms with E-state index in [1.54, 1.807) is 7.11 Å². The van der Waals surface area contributed by atoms with E-state index in [9.17, 15) is 0 Å². The Labute approximate surface area is 122 Å². The van der Waals surface area contributed by atoms with Gasteiger partial charge in [0.2, 0.25) is 0 Å². The molecule has 20 heavy (non-hydrogen) atoms. The number of nitrogens with one attached hydrogen (secondary N) is 1. The first-order valence-corrected chi connectivity index (χ1v) is 7.86. The molecule has 0 aromatic heterocycles. The van der Waals surface area contributed by atoms with Gasteiger partial charge in [-0.25, -0.2) is 0 Å². The molecule has 3 heteroatoms. The maximum Gasteiger partial charge on any atom is 0.123 e. The second-order valence-electron chi connectivity index (χ2n) is 5.52. The molecule has 1 heterocycles. The highest BCUT2D eigenvalue weighted by Crippen LogP contribution is 2.32. The van der Waals surface area contributed by atoms with Gasteiger partial charge in [0, 0.05) is 6.07 Å². The zero-order chi connectivity index (χ0) is 14.2. The van der Waals surface area contributed by atoms with Crippen molar-refractivity contribution in [2.45, 2.75) is 44.9 Å². The molecule has 1 aliphatic heterocycles. The van der Waals surface area contributed by atoms with E-state index in [0.29, 0.717) is 5.92 Å². The predicted molar refractivity (Wildman–Crippen MR) is 82.9 cm³/mol. The maximum atomic E-state index is 5.89. The van der Waals surface area contributed by atoms with Crippen molar-refractivity contribution >= 4 is 0 Å². The van der Waals surface area contributed by atoms with Crippen molar-refractivity contribution in [3.8, 4) is 11.5 Å². The number of hydrogen-bond donors (Lipinski definition) is 1. The van der Waals surface area contributed by atoms with Crippen LogP contribution in [0.4, 0.5) is 0 Å². The Bertz CT molecular complexity index is 400. The van der Waals surface area contributed by atoms with Crippen LogP contribution in [0, 0.1) is 0 Å². The molecule has 0 saturated carbocycles. The van der Waals surface area contributed by atoms with Gasteiger partial charge < -0.3 is 14.8 Å². The van der Waals surface area contributed by atoms with Gasteiger partial charge in [0.25, 0.3) is 0 Å². The summed E-state index contributed by atoms with van der Waals surface area (Å²) in [7, 11) is 1.72. The van der Waals surface area contributed by atoms with Crippen LogP contribution in [0.2, 0.25) is 0 Å². The molecule has 2 rings (SSSR count). The molecule has 0 bridgehead atoms. The first-order chi connectivity index (χ1) is 9.83. The molecular formula is C17H27NO2. The molecule has 1 N–H and O–H groups in total. The number of hydrogen-bond acceptors (Lipinski definition) is 3. The van der Waals surface area contributed by atoms with Crippen LogP contribution in [0.5, 0.6) is 11.5 Å². The lowest BCUT2D eigenvalue weighted by atomic mass is 9.90. The van der Waals surface area contributed by atoms with E-state index in [1.165, 1.54) is 31.2 Å². The van der Waals surface area contributed by atoms with Crippen LogP contribution in [0.3, 0.4) is 0 Å². The third-order valence-corrected chi connectivity index (χ3v) is 3.97. The van der Waals surface area contributed by atoms with E-state index in [0.717, 1.165) is 37.6 Å². The quantitative estimate of drug-likeness (QED) is 0.770. The highest BCUT2D eigenvalue weighted by molar-refractivity contribution is 5.40. The zero-order valence-electron chi connectivity index (χ0n) is 12.8. The normalized spacial score (nSPS) is 16.1. The van der Waals surface area contributed by atoms with E-state index < -0.39 is 0 Å². The Balaban J connectivity index is 2.03. The van der Waals surface area contributed by atoms with Crippen molar-refractivity contribution < 1.29 is 9.47 Å². The molecular weight excluding hydrogens is 250 g/mol. The van der Waals surface area contributed by atoms with Gasteiger partial charge in [0.05, 0.1) is 13.7 Å². The van der Waals surface area contributed by atoms with Crippen molar-refractivity contribution in [1.82, 2.24) is 5.32 Å². The summed E-state index contributed by atoms with van der Waals surface area (Å²) >= 11 is 0. The number of benzene rings is 1. The van der Waals surface area contributed by atoms with Gasteiger partial charge in [-0.05, 0) is 56.0 Å². The lowest BCUT2D eigenvalue weighted by Crippen LogP contribution is -2.26. The van der Waals surface area contributed by atoms with E-state index in [2.05, 4.69) is 24.4 Å². The summed E-state index contributed by atoms with van der Waals surface area (Å²) in [5, 5.41) is 3.41. The molecule has 0 amide bonds. The molecule has 1 saturated heterocycles. The Hall–Kier alpha value is -1.22. The van der Waals surface area contributed by atoms with Crippen LogP contribution < -0.4 is 14.8 Å². The maximum absolute atomic E-state index is 5.89. The van der Waals surface area contributed by atoms with Crippen LogP contribution in [-0.2, 0) is 0 Å². The molecule has 112 valence electrons. The molecule has 1 aromatic rings. The van der Waals surface area contributed by atoms with Crippen molar-refractivity contribution in [2.24, 2.45) is 0 Å². The van der Waals surface area contributed by atoms with E-state index in [4.69, 9.17) is 9.47 Å². The Morgan fingerprint density at radius 3 is 2.55 bits per heavy atom. The van der Waals surface area contributed by atoms with Crippen molar-refractivity contribution in [3.05, 3.63) is 23.8 Å². The van der Waals surface area contributed by atoms with Gasteiger partial charge in [0.1, 0.15) is 11.5 Å². The Morgan fingerprint density at radius 2 is 1.85 bits per heavy atom. The van der Waals surface area contributed by atoms with Gasteiger partial charge in [-0.15, -0.1) is 0 Å². The third kappa shape index (κ3) is 4.41. The molecule has 1 aliphatic rings. The molecule has 1 aromatic carbocycles. The molecule has 0 spiro atoms. The first kappa shape index (κ1) is 15.2. The molecule has 0 atom stereocenters. The topological polar surface area (TPSA) is 30.5 Å². The van der Waals surface area contributed by atoms with E-state index in [1.807, 2.05) is 6.07 Å². The minimum Gasteiger partial charge on any atom is -0.497 e. The average Bonchev–Trinajstić information content (AvgIpc) is 2.52. The lowest BCUT2D eigenvalue weighted by Gasteiger charge is -2.24. The minimum atomic E-state index is 0.629. The number of methoxy groups -OCH3 is 1. The summed E-state index contributed by atoms with van der Waals surface area (Å²) in [6.45, 7) is 5.22. The molecule has 0 aliphatic carbocycles. The highest BCUT2D eigenvalue weighted by atomic mass is 16.5. The number of piperidine rings is 1. The summed E-state index contributed by atoms with van der Waals surface area (Å²) in [4.78, 5) is 0. The van der Waals surface area contributed by atoms with Crippen LogP contribution in [-0.4, -0.2) is 26.8 Å². The lowest BCUT2D eigenvalue weighted by molar-refractivity contribution is 0.303. The summed E-state index contributed by atoms with van der Waals surface area (Å²) in [5.41, 5.74) is 1.36. The summed E-state index contributed by atoms with van der Waals surface area (Å²) in [6.07, 6.45) is 5.97. The summed E-state index contributed by atoms with van der Waals surface area (Å²) in [6, 6.07) is 6.36. The smallest absolute Gasteiger partial charge is 0.123 e. The van der Waals surface area contributed by atoms with E-state index in [-0.39, 0.29) is 0 Å². The van der Waals surface area contributed by atoms with Gasteiger partial charge in [0.15, 0.2) is 0 Å².